The Kier molecular flexibility index (Phi) is 15.8. The fraction of sp³-hybridized carbons (Fsp3) is 0.828. The molecule has 6 heteroatoms. The molecular formula is C29H53NO4Si. The Hall–Kier alpha value is -0.953. The van der Waals surface area contributed by atoms with Crippen LogP contribution in [0.15, 0.2) is 12.1 Å². The first kappa shape index (κ1) is 30.3. The number of pyridine rings is 1. The summed E-state index contributed by atoms with van der Waals surface area (Å²) in [6, 6.07) is 5.33. The van der Waals surface area contributed by atoms with Gasteiger partial charge in [0.2, 0.25) is 0 Å². The Balaban J connectivity index is 1.38. The van der Waals surface area contributed by atoms with E-state index >= 15 is 0 Å². The maximum absolute atomic E-state index is 5.81. The lowest BCUT2D eigenvalue weighted by Crippen LogP contribution is -2.22. The van der Waals surface area contributed by atoms with E-state index < -0.39 is 8.07 Å². The molecule has 35 heavy (non-hydrogen) atoms. The molecule has 1 aromatic heterocycles. The molecule has 2 rings (SSSR count). The lowest BCUT2D eigenvalue weighted by molar-refractivity contribution is -0.162. The summed E-state index contributed by atoms with van der Waals surface area (Å²) in [4.78, 5) is 4.74. The Morgan fingerprint density at radius 3 is 2.20 bits per heavy atom. The van der Waals surface area contributed by atoms with Crippen LogP contribution < -0.4 is 4.74 Å². The van der Waals surface area contributed by atoms with E-state index in [0.29, 0.717) is 6.79 Å². The van der Waals surface area contributed by atoms with E-state index in [1.165, 1.54) is 88.8 Å². The first-order chi connectivity index (χ1) is 16.9. The van der Waals surface area contributed by atoms with Crippen LogP contribution in [0.1, 0.15) is 94.9 Å². The molecule has 1 saturated heterocycles. The van der Waals surface area contributed by atoms with Crippen LogP contribution in [0, 0.1) is 6.92 Å². The first-order valence-electron chi connectivity index (χ1n) is 14.3. The van der Waals surface area contributed by atoms with Crippen LogP contribution in [0.2, 0.25) is 25.7 Å². The number of aryl methyl sites for hydroxylation is 2. The minimum atomic E-state index is -1.04. The van der Waals surface area contributed by atoms with E-state index in [0.717, 1.165) is 44.1 Å². The van der Waals surface area contributed by atoms with E-state index in [2.05, 4.69) is 31.8 Å². The van der Waals surface area contributed by atoms with Crippen molar-refractivity contribution in [3.63, 3.8) is 0 Å². The van der Waals surface area contributed by atoms with Crippen LogP contribution in [-0.4, -0.2) is 46.0 Å². The van der Waals surface area contributed by atoms with Crippen LogP contribution in [0.5, 0.6) is 5.75 Å². The highest BCUT2D eigenvalue weighted by Crippen LogP contribution is 2.18. The largest absolute Gasteiger partial charge is 0.466 e. The zero-order valence-corrected chi connectivity index (χ0v) is 24.2. The SMILES string of the molecule is Cc1nc(CCCCCCCCCCCCOC2CCCCO2)ccc1OCOCC[Si](C)(C)C. The quantitative estimate of drug-likeness (QED) is 0.101. The van der Waals surface area contributed by atoms with Gasteiger partial charge in [-0.3, -0.25) is 4.98 Å². The summed E-state index contributed by atoms with van der Waals surface area (Å²) >= 11 is 0. The molecule has 0 radical (unpaired) electrons. The third kappa shape index (κ3) is 15.7. The highest BCUT2D eigenvalue weighted by molar-refractivity contribution is 6.76. The Labute approximate surface area is 216 Å². The normalized spacial score (nSPS) is 16.5. The van der Waals surface area contributed by atoms with E-state index in [4.69, 9.17) is 23.9 Å². The second-order valence-corrected chi connectivity index (χ2v) is 16.9. The highest BCUT2D eigenvalue weighted by Gasteiger charge is 2.13. The first-order valence-corrected chi connectivity index (χ1v) is 18.0. The molecule has 1 atom stereocenters. The molecule has 2 heterocycles. The monoisotopic (exact) mass is 507 g/mol. The van der Waals surface area contributed by atoms with Crippen LogP contribution in [0.25, 0.3) is 0 Å². The molecule has 1 aliphatic heterocycles. The average Bonchev–Trinajstić information content (AvgIpc) is 2.83. The molecule has 1 aliphatic rings. The molecule has 0 bridgehead atoms. The number of unbranched alkanes of at least 4 members (excludes halogenated alkanes) is 9. The number of rotatable bonds is 20. The lowest BCUT2D eigenvalue weighted by Gasteiger charge is -2.22. The Bertz CT molecular complexity index is 659. The van der Waals surface area contributed by atoms with Gasteiger partial charge in [0.25, 0.3) is 0 Å². The molecule has 0 spiro atoms. The molecular weight excluding hydrogens is 454 g/mol. The molecule has 1 fully saturated rings. The molecule has 1 aromatic rings. The second-order valence-electron chi connectivity index (χ2n) is 11.3. The molecule has 0 saturated carbocycles. The van der Waals surface area contributed by atoms with E-state index in [1.807, 2.05) is 6.92 Å². The number of nitrogens with zero attached hydrogens (tertiary/aromatic N) is 1. The predicted octanol–water partition coefficient (Wildman–Crippen LogP) is 8.07. The van der Waals surface area contributed by atoms with Crippen molar-refractivity contribution in [1.82, 2.24) is 4.98 Å². The van der Waals surface area contributed by atoms with Crippen LogP contribution in [0.3, 0.4) is 0 Å². The summed E-state index contributed by atoms with van der Waals surface area (Å²) < 4.78 is 22.8. The highest BCUT2D eigenvalue weighted by atomic mass is 28.3. The van der Waals surface area contributed by atoms with E-state index in [-0.39, 0.29) is 6.29 Å². The van der Waals surface area contributed by atoms with Crippen LogP contribution in [-0.2, 0) is 20.6 Å². The van der Waals surface area contributed by atoms with Gasteiger partial charge >= 0.3 is 0 Å². The fourth-order valence-corrected chi connectivity index (χ4v) is 5.07. The summed E-state index contributed by atoms with van der Waals surface area (Å²) in [5.74, 6) is 0.840. The number of ether oxygens (including phenoxy) is 4. The van der Waals surface area contributed by atoms with Crippen molar-refractivity contribution in [2.75, 3.05) is 26.6 Å². The van der Waals surface area contributed by atoms with Crippen molar-refractivity contribution in [2.45, 2.75) is 129 Å². The predicted molar refractivity (Wildman–Crippen MR) is 148 cm³/mol. The summed E-state index contributed by atoms with van der Waals surface area (Å²) in [7, 11) is -1.04. The van der Waals surface area contributed by atoms with Crippen molar-refractivity contribution < 1.29 is 18.9 Å². The van der Waals surface area contributed by atoms with Crippen molar-refractivity contribution in [1.29, 1.82) is 0 Å². The Morgan fingerprint density at radius 2 is 1.57 bits per heavy atom. The van der Waals surface area contributed by atoms with Gasteiger partial charge in [0.15, 0.2) is 13.1 Å². The number of hydrogen-bond donors (Lipinski definition) is 0. The molecule has 5 nitrogen and oxygen atoms in total. The lowest BCUT2D eigenvalue weighted by atomic mass is 10.0. The molecule has 1 unspecified atom stereocenters. The van der Waals surface area contributed by atoms with Gasteiger partial charge in [0.05, 0.1) is 5.69 Å². The van der Waals surface area contributed by atoms with Gasteiger partial charge in [0.1, 0.15) is 5.75 Å². The van der Waals surface area contributed by atoms with Gasteiger partial charge in [0, 0.05) is 33.6 Å². The standard InChI is InChI=1S/C29H53NO4Si/c1-26-28(34-25-31-23-24-35(2,3)4)20-19-27(30-26)17-13-11-9-7-5-6-8-10-12-15-21-32-29-18-14-16-22-33-29/h19-20,29H,5-18,21-25H2,1-4H3. The van der Waals surface area contributed by atoms with Crippen molar-refractivity contribution >= 4 is 8.07 Å². The smallest absolute Gasteiger partial charge is 0.189 e. The van der Waals surface area contributed by atoms with Gasteiger partial charge in [-0.15, -0.1) is 0 Å². The van der Waals surface area contributed by atoms with Gasteiger partial charge in [-0.1, -0.05) is 71.0 Å². The maximum atomic E-state index is 5.81. The summed E-state index contributed by atoms with van der Waals surface area (Å²) in [6.45, 7) is 11.9. The summed E-state index contributed by atoms with van der Waals surface area (Å²) in [5, 5.41) is 0. The van der Waals surface area contributed by atoms with Crippen LogP contribution in [0.4, 0.5) is 0 Å². The zero-order valence-electron chi connectivity index (χ0n) is 23.2. The van der Waals surface area contributed by atoms with Crippen LogP contribution >= 0.6 is 0 Å². The topological polar surface area (TPSA) is 49.8 Å². The van der Waals surface area contributed by atoms with Crippen molar-refractivity contribution in [2.24, 2.45) is 0 Å². The second kappa shape index (κ2) is 18.3. The van der Waals surface area contributed by atoms with Gasteiger partial charge in [-0.2, -0.15) is 0 Å². The van der Waals surface area contributed by atoms with Gasteiger partial charge in [-0.05, 0) is 63.6 Å². The molecule has 0 N–H and O–H groups in total. The van der Waals surface area contributed by atoms with E-state index in [1.54, 1.807) is 0 Å². The zero-order chi connectivity index (χ0) is 25.2. The minimum absolute atomic E-state index is 0.0753. The number of aromatic nitrogens is 1. The molecule has 0 aliphatic carbocycles. The average molecular weight is 508 g/mol. The van der Waals surface area contributed by atoms with Gasteiger partial charge in [-0.25, -0.2) is 0 Å². The minimum Gasteiger partial charge on any atom is -0.466 e. The Morgan fingerprint density at radius 1 is 0.886 bits per heavy atom. The molecule has 202 valence electrons. The van der Waals surface area contributed by atoms with Gasteiger partial charge < -0.3 is 18.9 Å². The van der Waals surface area contributed by atoms with Crippen molar-refractivity contribution in [3.05, 3.63) is 23.5 Å². The van der Waals surface area contributed by atoms with E-state index in [9.17, 15) is 0 Å². The third-order valence-corrected chi connectivity index (χ3v) is 8.36. The fourth-order valence-electron chi connectivity index (χ4n) is 4.31. The third-order valence-electron chi connectivity index (χ3n) is 6.66. The molecule has 0 amide bonds. The number of hydrogen-bond acceptors (Lipinski definition) is 5. The molecule has 0 aromatic carbocycles. The summed E-state index contributed by atoms with van der Waals surface area (Å²) in [6.07, 6.45) is 17.8. The maximum Gasteiger partial charge on any atom is 0.189 e. The summed E-state index contributed by atoms with van der Waals surface area (Å²) in [5.41, 5.74) is 2.14. The van der Waals surface area contributed by atoms with Crippen molar-refractivity contribution in [3.8, 4) is 5.75 Å².